The van der Waals surface area contributed by atoms with Gasteiger partial charge in [0.2, 0.25) is 0 Å². The zero-order chi connectivity index (χ0) is 10.6. The lowest BCUT2D eigenvalue weighted by atomic mass is 10.2. The highest BCUT2D eigenvalue weighted by molar-refractivity contribution is 5.94. The molecule has 0 aromatic rings. The number of hydrogen-bond acceptors (Lipinski definition) is 2. The van der Waals surface area contributed by atoms with Gasteiger partial charge in [-0.05, 0) is 18.8 Å². The van der Waals surface area contributed by atoms with Gasteiger partial charge < -0.3 is 10.0 Å². The van der Waals surface area contributed by atoms with Crippen molar-refractivity contribution in [3.63, 3.8) is 0 Å². The summed E-state index contributed by atoms with van der Waals surface area (Å²) in [6.45, 7) is -0.284. The molecule has 0 spiro atoms. The van der Waals surface area contributed by atoms with Crippen LogP contribution in [0.2, 0.25) is 0 Å². The predicted molar refractivity (Wildman–Crippen MR) is 50.4 cm³/mol. The summed E-state index contributed by atoms with van der Waals surface area (Å²) in [5, 5.41) is 8.63. The zero-order valence-electron chi connectivity index (χ0n) is 7.90. The van der Waals surface area contributed by atoms with Crippen LogP contribution in [-0.2, 0) is 9.59 Å². The van der Waals surface area contributed by atoms with Crippen molar-refractivity contribution < 1.29 is 14.7 Å². The first kappa shape index (κ1) is 10.6. The number of carboxylic acids is 1. The molecule has 0 aromatic carbocycles. The van der Waals surface area contributed by atoms with Crippen molar-refractivity contribution >= 4 is 11.9 Å². The van der Waals surface area contributed by atoms with Crippen LogP contribution < -0.4 is 0 Å². The van der Waals surface area contributed by atoms with E-state index in [0.717, 1.165) is 25.7 Å². The van der Waals surface area contributed by atoms with Gasteiger partial charge in [0.05, 0.1) is 0 Å². The Bertz CT molecular complexity index is 274. The van der Waals surface area contributed by atoms with Gasteiger partial charge in [0, 0.05) is 6.04 Å². The maximum atomic E-state index is 11.3. The Morgan fingerprint density at radius 2 is 2.00 bits per heavy atom. The van der Waals surface area contributed by atoms with Crippen molar-refractivity contribution in [1.82, 2.24) is 4.90 Å². The Morgan fingerprint density at radius 3 is 2.43 bits per heavy atom. The van der Waals surface area contributed by atoms with Crippen molar-refractivity contribution in [3.05, 3.63) is 0 Å². The summed E-state index contributed by atoms with van der Waals surface area (Å²) < 4.78 is 0. The Labute approximate surface area is 82.9 Å². The van der Waals surface area contributed by atoms with Gasteiger partial charge in [0.1, 0.15) is 6.54 Å². The van der Waals surface area contributed by atoms with Crippen molar-refractivity contribution in [2.75, 3.05) is 6.54 Å². The largest absolute Gasteiger partial charge is 0.480 e. The summed E-state index contributed by atoms with van der Waals surface area (Å²) in [6, 6.07) is 0.0228. The Hall–Kier alpha value is -1.50. The number of carboxylic acid groups (broad SMARTS) is 1. The highest BCUT2D eigenvalue weighted by Gasteiger charge is 2.27. The van der Waals surface area contributed by atoms with E-state index in [1.165, 1.54) is 4.90 Å². The molecule has 1 aliphatic carbocycles. The van der Waals surface area contributed by atoms with Crippen LogP contribution in [0.5, 0.6) is 0 Å². The number of terminal acetylenes is 1. The number of hydrogen-bond donors (Lipinski definition) is 1. The molecule has 0 heterocycles. The third kappa shape index (κ3) is 2.49. The normalized spacial score (nSPS) is 16.2. The van der Waals surface area contributed by atoms with Gasteiger partial charge in [0.15, 0.2) is 0 Å². The van der Waals surface area contributed by atoms with E-state index >= 15 is 0 Å². The molecule has 0 bridgehead atoms. The Balaban J connectivity index is 2.65. The Kier molecular flexibility index (Phi) is 3.52. The van der Waals surface area contributed by atoms with E-state index in [1.54, 1.807) is 0 Å². The number of rotatable bonds is 3. The van der Waals surface area contributed by atoms with E-state index in [9.17, 15) is 9.59 Å². The molecular weight excluding hydrogens is 182 g/mol. The van der Waals surface area contributed by atoms with Gasteiger partial charge >= 0.3 is 5.97 Å². The van der Waals surface area contributed by atoms with Crippen LogP contribution in [0.25, 0.3) is 0 Å². The zero-order valence-corrected chi connectivity index (χ0v) is 7.90. The molecule has 76 valence electrons. The molecule has 1 rings (SSSR count). The number of aliphatic carboxylic acids is 1. The lowest BCUT2D eigenvalue weighted by Crippen LogP contribution is -2.41. The number of carbonyl (C=O) groups is 2. The molecule has 1 fully saturated rings. The lowest BCUT2D eigenvalue weighted by Gasteiger charge is -2.24. The second-order valence-corrected chi connectivity index (χ2v) is 3.41. The molecule has 0 aliphatic heterocycles. The molecule has 1 amide bonds. The van der Waals surface area contributed by atoms with E-state index in [1.807, 2.05) is 5.92 Å². The molecule has 1 saturated carbocycles. The van der Waals surface area contributed by atoms with Crippen LogP contribution in [0.15, 0.2) is 0 Å². The van der Waals surface area contributed by atoms with Gasteiger partial charge in [0.25, 0.3) is 5.91 Å². The number of carbonyl (C=O) groups excluding carboxylic acids is 1. The van der Waals surface area contributed by atoms with Crippen molar-refractivity contribution in [2.24, 2.45) is 0 Å². The predicted octanol–water partition coefficient (Wildman–Crippen LogP) is 0.475. The van der Waals surface area contributed by atoms with Crippen molar-refractivity contribution in [2.45, 2.75) is 31.7 Å². The smallest absolute Gasteiger partial charge is 0.323 e. The number of amides is 1. The van der Waals surface area contributed by atoms with E-state index in [-0.39, 0.29) is 12.6 Å². The Morgan fingerprint density at radius 1 is 1.43 bits per heavy atom. The summed E-state index contributed by atoms with van der Waals surface area (Å²) in [6.07, 6.45) is 8.79. The minimum Gasteiger partial charge on any atom is -0.480 e. The SMILES string of the molecule is C#CC(=O)N(CC(=O)O)C1CCCC1. The maximum absolute atomic E-state index is 11.3. The van der Waals surface area contributed by atoms with Gasteiger partial charge in [-0.3, -0.25) is 9.59 Å². The third-order valence-electron chi connectivity index (χ3n) is 2.46. The highest BCUT2D eigenvalue weighted by atomic mass is 16.4. The first-order chi connectivity index (χ1) is 6.65. The summed E-state index contributed by atoms with van der Waals surface area (Å²) in [5.74, 6) is 0.443. The van der Waals surface area contributed by atoms with Crippen LogP contribution in [0, 0.1) is 12.3 Å². The first-order valence-corrected chi connectivity index (χ1v) is 4.64. The average Bonchev–Trinajstić information content (AvgIpc) is 2.65. The van der Waals surface area contributed by atoms with E-state index < -0.39 is 11.9 Å². The summed E-state index contributed by atoms with van der Waals surface area (Å²) in [5.41, 5.74) is 0. The topological polar surface area (TPSA) is 57.6 Å². The number of nitrogens with zero attached hydrogens (tertiary/aromatic N) is 1. The second kappa shape index (κ2) is 4.66. The van der Waals surface area contributed by atoms with Crippen LogP contribution in [0.3, 0.4) is 0 Å². The fourth-order valence-corrected chi connectivity index (χ4v) is 1.81. The second-order valence-electron chi connectivity index (χ2n) is 3.41. The molecule has 0 unspecified atom stereocenters. The van der Waals surface area contributed by atoms with Gasteiger partial charge in [-0.2, -0.15) is 0 Å². The van der Waals surface area contributed by atoms with Crippen LogP contribution in [-0.4, -0.2) is 34.5 Å². The van der Waals surface area contributed by atoms with Crippen LogP contribution >= 0.6 is 0 Å². The van der Waals surface area contributed by atoms with E-state index in [0.29, 0.717) is 0 Å². The van der Waals surface area contributed by atoms with Gasteiger partial charge in [-0.25, -0.2) is 0 Å². The molecule has 4 nitrogen and oxygen atoms in total. The first-order valence-electron chi connectivity index (χ1n) is 4.64. The monoisotopic (exact) mass is 195 g/mol. The molecular formula is C10H13NO3. The molecule has 0 aromatic heterocycles. The molecule has 1 N–H and O–H groups in total. The molecule has 1 aliphatic rings. The third-order valence-corrected chi connectivity index (χ3v) is 2.46. The minimum atomic E-state index is -1.01. The highest BCUT2D eigenvalue weighted by Crippen LogP contribution is 2.23. The summed E-state index contributed by atoms with van der Waals surface area (Å²) in [4.78, 5) is 23.1. The fraction of sp³-hybridized carbons (Fsp3) is 0.600. The molecule has 4 heteroatoms. The van der Waals surface area contributed by atoms with Crippen molar-refractivity contribution in [1.29, 1.82) is 0 Å². The summed E-state index contributed by atoms with van der Waals surface area (Å²) >= 11 is 0. The molecule has 0 atom stereocenters. The standard InChI is InChI=1S/C10H13NO3/c1-2-9(12)11(7-10(13)14)8-5-3-4-6-8/h1,8H,3-7H2,(H,13,14). The van der Waals surface area contributed by atoms with Gasteiger partial charge in [-0.15, -0.1) is 6.42 Å². The van der Waals surface area contributed by atoms with Gasteiger partial charge in [-0.1, -0.05) is 12.8 Å². The lowest BCUT2D eigenvalue weighted by molar-refractivity contribution is -0.143. The molecule has 0 radical (unpaired) electrons. The van der Waals surface area contributed by atoms with Crippen LogP contribution in [0.4, 0.5) is 0 Å². The average molecular weight is 195 g/mol. The quantitative estimate of drug-likeness (QED) is 0.666. The summed E-state index contributed by atoms with van der Waals surface area (Å²) in [7, 11) is 0. The maximum Gasteiger partial charge on any atom is 0.323 e. The molecule has 0 saturated heterocycles. The van der Waals surface area contributed by atoms with E-state index in [4.69, 9.17) is 11.5 Å². The van der Waals surface area contributed by atoms with Crippen LogP contribution in [0.1, 0.15) is 25.7 Å². The minimum absolute atomic E-state index is 0.0228. The fourth-order valence-electron chi connectivity index (χ4n) is 1.81. The van der Waals surface area contributed by atoms with E-state index in [2.05, 4.69) is 0 Å². The molecule has 14 heavy (non-hydrogen) atoms. The van der Waals surface area contributed by atoms with Crippen molar-refractivity contribution in [3.8, 4) is 12.3 Å².